The van der Waals surface area contributed by atoms with E-state index in [9.17, 15) is 4.79 Å². The Morgan fingerprint density at radius 2 is 2.07 bits per heavy atom. The number of likely N-dealkylation sites (tertiary alicyclic amines) is 1. The first-order chi connectivity index (χ1) is 13.7. The Bertz CT molecular complexity index is 1020. The number of carbonyl (C=O) groups is 1. The lowest BCUT2D eigenvalue weighted by molar-refractivity contribution is 0.0706. The zero-order valence-electron chi connectivity index (χ0n) is 15.2. The van der Waals surface area contributed by atoms with Gasteiger partial charge in [-0.15, -0.1) is 11.3 Å². The molecule has 0 saturated carbocycles. The van der Waals surface area contributed by atoms with Gasteiger partial charge < -0.3 is 14.4 Å². The van der Waals surface area contributed by atoms with Crippen molar-refractivity contribution in [2.45, 2.75) is 18.8 Å². The van der Waals surface area contributed by atoms with Crippen LogP contribution >= 0.6 is 22.9 Å². The zero-order chi connectivity index (χ0) is 19.1. The van der Waals surface area contributed by atoms with E-state index in [4.69, 9.17) is 26.1 Å². The lowest BCUT2D eigenvalue weighted by Crippen LogP contribution is -2.39. The maximum Gasteiger partial charge on any atom is 0.254 e. The third kappa shape index (κ3) is 3.20. The molecule has 0 bridgehead atoms. The van der Waals surface area contributed by atoms with Gasteiger partial charge >= 0.3 is 0 Å². The third-order valence-electron chi connectivity index (χ3n) is 5.21. The number of carbonyl (C=O) groups excluding carboxylic acids is 1. The number of aromatic nitrogens is 1. The summed E-state index contributed by atoms with van der Waals surface area (Å²) in [6.45, 7) is 2.34. The molecular formula is C21H19ClN2O3S. The van der Waals surface area contributed by atoms with Crippen LogP contribution in [0, 0.1) is 0 Å². The van der Waals surface area contributed by atoms with Crippen molar-refractivity contribution in [2.24, 2.45) is 0 Å². The minimum absolute atomic E-state index is 0.0234. The molecule has 1 atom stereocenters. The van der Waals surface area contributed by atoms with Crippen LogP contribution in [0.2, 0.25) is 5.02 Å². The number of benzene rings is 2. The van der Waals surface area contributed by atoms with Crippen molar-refractivity contribution < 1.29 is 14.3 Å². The fourth-order valence-electron chi connectivity index (χ4n) is 3.84. The highest BCUT2D eigenvalue weighted by atomic mass is 35.5. The smallest absolute Gasteiger partial charge is 0.254 e. The van der Waals surface area contributed by atoms with Gasteiger partial charge in [0.25, 0.3) is 5.91 Å². The maximum atomic E-state index is 13.1. The predicted octanol–water partition coefficient (Wildman–Crippen LogP) is 4.74. The molecule has 1 amide bonds. The van der Waals surface area contributed by atoms with Gasteiger partial charge in [0.2, 0.25) is 0 Å². The Morgan fingerprint density at radius 1 is 1.21 bits per heavy atom. The van der Waals surface area contributed by atoms with Gasteiger partial charge in [-0.2, -0.15) is 0 Å². The number of rotatable bonds is 2. The third-order valence-corrected chi connectivity index (χ3v) is 6.69. The average Bonchev–Trinajstić information content (AvgIpc) is 3.18. The second-order valence-corrected chi connectivity index (χ2v) is 8.56. The Labute approximate surface area is 171 Å². The molecule has 0 radical (unpaired) electrons. The summed E-state index contributed by atoms with van der Waals surface area (Å²) in [5.74, 6) is 1.31. The molecule has 0 N–H and O–H groups in total. The van der Waals surface area contributed by atoms with E-state index in [0.717, 1.165) is 29.9 Å². The fraction of sp³-hybridized carbons (Fsp3) is 0.333. The maximum absolute atomic E-state index is 13.1. The van der Waals surface area contributed by atoms with E-state index in [1.54, 1.807) is 23.5 Å². The van der Waals surface area contributed by atoms with Crippen LogP contribution in [-0.4, -0.2) is 42.1 Å². The first-order valence-electron chi connectivity index (χ1n) is 9.43. The number of piperidine rings is 1. The zero-order valence-corrected chi connectivity index (χ0v) is 16.8. The van der Waals surface area contributed by atoms with E-state index in [-0.39, 0.29) is 11.8 Å². The molecule has 3 heterocycles. The largest absolute Gasteiger partial charge is 0.486 e. The predicted molar refractivity (Wildman–Crippen MR) is 110 cm³/mol. The van der Waals surface area contributed by atoms with Crippen LogP contribution in [-0.2, 0) is 0 Å². The number of hydrogen-bond acceptors (Lipinski definition) is 5. The van der Waals surface area contributed by atoms with E-state index in [1.165, 1.54) is 4.70 Å². The Hall–Kier alpha value is -2.31. The summed E-state index contributed by atoms with van der Waals surface area (Å²) in [5, 5.41) is 1.53. The minimum atomic E-state index is -0.0234. The van der Waals surface area contributed by atoms with Crippen molar-refractivity contribution in [3.05, 3.63) is 52.0 Å². The van der Waals surface area contributed by atoms with Gasteiger partial charge in [-0.3, -0.25) is 4.79 Å². The summed E-state index contributed by atoms with van der Waals surface area (Å²) in [4.78, 5) is 19.8. The lowest BCUT2D eigenvalue weighted by atomic mass is 9.98. The van der Waals surface area contributed by atoms with E-state index >= 15 is 0 Å². The van der Waals surface area contributed by atoms with Gasteiger partial charge in [0, 0.05) is 24.6 Å². The standard InChI is InChI=1S/C21H19ClN2O3S/c22-15-10-14(11-17-19(15)27-9-8-26-17)21(25)24-7-3-4-13(12-24)20-23-16-5-1-2-6-18(16)28-20/h1-2,5-6,10-11,13H,3-4,7-9,12H2/t13-/m0/s1. The number of amides is 1. The Kier molecular flexibility index (Phi) is 4.61. The molecule has 5 rings (SSSR count). The summed E-state index contributed by atoms with van der Waals surface area (Å²) in [6.07, 6.45) is 2.01. The van der Waals surface area contributed by atoms with Crippen molar-refractivity contribution in [2.75, 3.05) is 26.3 Å². The van der Waals surface area contributed by atoms with Crippen molar-refractivity contribution in [1.82, 2.24) is 9.88 Å². The average molecular weight is 415 g/mol. The molecule has 2 aromatic carbocycles. The SMILES string of the molecule is O=C(c1cc(Cl)c2c(c1)OCCO2)N1CCC[C@H](c2nc3ccccc3s2)C1. The molecule has 1 aromatic heterocycles. The van der Waals surface area contributed by atoms with Crippen LogP contribution in [0.5, 0.6) is 11.5 Å². The summed E-state index contributed by atoms with van der Waals surface area (Å²) in [6, 6.07) is 11.6. The fourth-order valence-corrected chi connectivity index (χ4v) is 5.20. The van der Waals surface area contributed by atoms with Crippen LogP contribution in [0.25, 0.3) is 10.2 Å². The first kappa shape index (κ1) is 17.8. The second kappa shape index (κ2) is 7.26. The second-order valence-electron chi connectivity index (χ2n) is 7.09. The quantitative estimate of drug-likeness (QED) is 0.607. The van der Waals surface area contributed by atoms with Crippen LogP contribution in [0.4, 0.5) is 0 Å². The molecule has 0 aliphatic carbocycles. The van der Waals surface area contributed by atoms with Crippen molar-refractivity contribution in [3.8, 4) is 11.5 Å². The van der Waals surface area contributed by atoms with Crippen LogP contribution in [0.1, 0.15) is 34.1 Å². The lowest BCUT2D eigenvalue weighted by Gasteiger charge is -2.32. The van der Waals surface area contributed by atoms with Crippen LogP contribution in [0.3, 0.4) is 0 Å². The van der Waals surface area contributed by atoms with Gasteiger partial charge in [0.15, 0.2) is 11.5 Å². The first-order valence-corrected chi connectivity index (χ1v) is 10.6. The number of thiazole rings is 1. The van der Waals surface area contributed by atoms with Gasteiger partial charge in [0.05, 0.1) is 20.2 Å². The van der Waals surface area contributed by atoms with Crippen LogP contribution in [0.15, 0.2) is 36.4 Å². The highest BCUT2D eigenvalue weighted by Crippen LogP contribution is 2.39. The number of para-hydroxylation sites is 1. The molecule has 2 aliphatic rings. The van der Waals surface area contributed by atoms with E-state index < -0.39 is 0 Å². The molecule has 7 heteroatoms. The van der Waals surface area contributed by atoms with Crippen molar-refractivity contribution in [3.63, 3.8) is 0 Å². The monoisotopic (exact) mass is 414 g/mol. The van der Waals surface area contributed by atoms with E-state index in [0.29, 0.717) is 41.8 Å². The van der Waals surface area contributed by atoms with E-state index in [1.807, 2.05) is 23.1 Å². The molecule has 3 aromatic rings. The highest BCUT2D eigenvalue weighted by molar-refractivity contribution is 7.18. The number of ether oxygens (including phenoxy) is 2. The Morgan fingerprint density at radius 3 is 2.96 bits per heavy atom. The number of hydrogen-bond donors (Lipinski definition) is 0. The molecule has 1 saturated heterocycles. The molecular weight excluding hydrogens is 396 g/mol. The summed E-state index contributed by atoms with van der Waals surface area (Å²) in [5.41, 5.74) is 1.57. The summed E-state index contributed by atoms with van der Waals surface area (Å²) >= 11 is 8.04. The molecule has 0 unspecified atom stereocenters. The van der Waals surface area contributed by atoms with Gasteiger partial charge in [-0.1, -0.05) is 23.7 Å². The summed E-state index contributed by atoms with van der Waals surface area (Å²) < 4.78 is 12.4. The van der Waals surface area contributed by atoms with Gasteiger partial charge in [-0.25, -0.2) is 4.98 Å². The minimum Gasteiger partial charge on any atom is -0.486 e. The summed E-state index contributed by atoms with van der Waals surface area (Å²) in [7, 11) is 0. The van der Waals surface area contributed by atoms with Crippen LogP contribution < -0.4 is 9.47 Å². The highest BCUT2D eigenvalue weighted by Gasteiger charge is 2.29. The molecule has 28 heavy (non-hydrogen) atoms. The molecule has 5 nitrogen and oxygen atoms in total. The number of fused-ring (bicyclic) bond motifs is 2. The van der Waals surface area contributed by atoms with Gasteiger partial charge in [0.1, 0.15) is 13.2 Å². The molecule has 1 fully saturated rings. The van der Waals surface area contributed by atoms with Gasteiger partial charge in [-0.05, 0) is 37.1 Å². The number of nitrogens with zero attached hydrogens (tertiary/aromatic N) is 2. The van der Waals surface area contributed by atoms with E-state index in [2.05, 4.69) is 6.07 Å². The topological polar surface area (TPSA) is 51.7 Å². The van der Waals surface area contributed by atoms with Crippen molar-refractivity contribution >= 4 is 39.1 Å². The molecule has 0 spiro atoms. The molecule has 2 aliphatic heterocycles. The Balaban J connectivity index is 1.39. The number of halogens is 1. The van der Waals surface area contributed by atoms with Crippen molar-refractivity contribution in [1.29, 1.82) is 0 Å². The molecule has 144 valence electrons. The normalized spacial score (nSPS) is 19.0.